The molecule has 0 saturated heterocycles. The molecule has 19 heavy (non-hydrogen) atoms. The summed E-state index contributed by atoms with van der Waals surface area (Å²) in [6.07, 6.45) is 5.44. The number of furan rings is 2. The zero-order chi connectivity index (χ0) is 13.0. The van der Waals surface area contributed by atoms with Crippen molar-refractivity contribution in [2.45, 2.75) is 24.7 Å². The van der Waals surface area contributed by atoms with E-state index in [-0.39, 0.29) is 0 Å². The molecule has 2 aromatic heterocycles. The van der Waals surface area contributed by atoms with E-state index in [1.54, 1.807) is 12.5 Å². The van der Waals surface area contributed by atoms with E-state index in [1.165, 1.54) is 0 Å². The van der Waals surface area contributed by atoms with Crippen LogP contribution in [-0.2, 0) is 10.2 Å². The van der Waals surface area contributed by atoms with E-state index in [0.29, 0.717) is 18.4 Å². The van der Waals surface area contributed by atoms with Gasteiger partial charge in [0.2, 0.25) is 0 Å². The van der Waals surface area contributed by atoms with E-state index in [4.69, 9.17) is 8.83 Å². The van der Waals surface area contributed by atoms with Gasteiger partial charge in [-0.15, -0.1) is 0 Å². The Morgan fingerprint density at radius 2 is 2.00 bits per heavy atom. The molecule has 1 aromatic carbocycles. The number of hydrogen-bond donors (Lipinski definition) is 1. The molecule has 1 fully saturated rings. The lowest BCUT2D eigenvalue weighted by Crippen LogP contribution is -2.42. The molecule has 1 N–H and O–H groups in total. The Morgan fingerprint density at radius 3 is 2.68 bits per heavy atom. The summed E-state index contributed by atoms with van der Waals surface area (Å²) in [6, 6.07) is 5.57. The highest BCUT2D eigenvalue weighted by atomic mass is 16.4. The third-order valence-electron chi connectivity index (χ3n) is 4.27. The molecule has 4 heteroatoms. The van der Waals surface area contributed by atoms with Crippen LogP contribution in [0.25, 0.3) is 21.9 Å². The van der Waals surface area contributed by atoms with Crippen LogP contribution < -0.4 is 0 Å². The first kappa shape index (κ1) is 10.7. The maximum Gasteiger partial charge on any atom is 0.314 e. The van der Waals surface area contributed by atoms with E-state index >= 15 is 0 Å². The van der Waals surface area contributed by atoms with Crippen LogP contribution in [0.5, 0.6) is 0 Å². The fourth-order valence-corrected chi connectivity index (χ4v) is 3.12. The summed E-state index contributed by atoms with van der Waals surface area (Å²) in [5.74, 6) is -0.773. The van der Waals surface area contributed by atoms with E-state index in [9.17, 15) is 9.90 Å². The fourth-order valence-electron chi connectivity index (χ4n) is 3.12. The molecule has 0 radical (unpaired) electrons. The summed E-state index contributed by atoms with van der Waals surface area (Å²) >= 11 is 0. The molecule has 0 bridgehead atoms. The average Bonchev–Trinajstić information content (AvgIpc) is 2.93. The van der Waals surface area contributed by atoms with Crippen molar-refractivity contribution in [3.8, 4) is 0 Å². The first-order chi connectivity index (χ1) is 9.22. The van der Waals surface area contributed by atoms with Crippen molar-refractivity contribution in [1.29, 1.82) is 0 Å². The number of rotatable bonds is 2. The van der Waals surface area contributed by atoms with Crippen molar-refractivity contribution in [1.82, 2.24) is 0 Å². The van der Waals surface area contributed by atoms with Gasteiger partial charge in [0.05, 0.1) is 17.9 Å². The smallest absolute Gasteiger partial charge is 0.314 e. The highest BCUT2D eigenvalue weighted by Crippen LogP contribution is 2.49. The van der Waals surface area contributed by atoms with E-state index in [2.05, 4.69) is 0 Å². The van der Waals surface area contributed by atoms with Gasteiger partial charge in [-0.3, -0.25) is 4.79 Å². The summed E-state index contributed by atoms with van der Waals surface area (Å²) in [4.78, 5) is 11.8. The lowest BCUT2D eigenvalue weighted by atomic mass is 9.63. The summed E-state index contributed by atoms with van der Waals surface area (Å²) in [5, 5.41) is 11.4. The fraction of sp³-hybridized carbons (Fsp3) is 0.267. The van der Waals surface area contributed by atoms with Crippen molar-refractivity contribution in [2.75, 3.05) is 0 Å². The van der Waals surface area contributed by atoms with Gasteiger partial charge in [0.25, 0.3) is 0 Å². The van der Waals surface area contributed by atoms with Crippen LogP contribution in [0, 0.1) is 0 Å². The molecular weight excluding hydrogens is 244 g/mol. The van der Waals surface area contributed by atoms with Gasteiger partial charge in [-0.2, -0.15) is 0 Å². The van der Waals surface area contributed by atoms with Crippen LogP contribution >= 0.6 is 0 Å². The van der Waals surface area contributed by atoms with Gasteiger partial charge >= 0.3 is 5.97 Å². The Bertz CT molecular complexity index is 740. The normalized spacial score (nSPS) is 17.7. The van der Waals surface area contributed by atoms with Crippen molar-refractivity contribution >= 4 is 27.9 Å². The summed E-state index contributed by atoms with van der Waals surface area (Å²) in [5.41, 5.74) is 1.35. The molecular formula is C15H12O4. The van der Waals surface area contributed by atoms with Crippen LogP contribution in [0.4, 0.5) is 0 Å². The molecule has 0 spiro atoms. The minimum Gasteiger partial charge on any atom is -0.481 e. The Morgan fingerprint density at radius 1 is 1.21 bits per heavy atom. The number of aliphatic carboxylic acids is 1. The number of fused-ring (bicyclic) bond motifs is 2. The number of carbonyl (C=O) groups is 1. The number of benzene rings is 1. The molecule has 4 rings (SSSR count). The van der Waals surface area contributed by atoms with Gasteiger partial charge in [0, 0.05) is 16.3 Å². The van der Waals surface area contributed by atoms with Crippen LogP contribution in [0.2, 0.25) is 0 Å². The van der Waals surface area contributed by atoms with Gasteiger partial charge in [-0.1, -0.05) is 6.42 Å². The number of carboxylic acids is 1. The molecule has 2 heterocycles. The minimum absolute atomic E-state index is 0.655. The van der Waals surface area contributed by atoms with Gasteiger partial charge in [-0.25, -0.2) is 0 Å². The maximum atomic E-state index is 11.8. The third kappa shape index (κ3) is 1.21. The zero-order valence-corrected chi connectivity index (χ0v) is 10.2. The molecule has 0 unspecified atom stereocenters. The van der Waals surface area contributed by atoms with Crippen LogP contribution in [-0.4, -0.2) is 11.1 Å². The Kier molecular flexibility index (Phi) is 1.91. The quantitative estimate of drug-likeness (QED) is 0.759. The zero-order valence-electron chi connectivity index (χ0n) is 10.2. The summed E-state index contributed by atoms with van der Waals surface area (Å²) in [7, 11) is 0. The molecule has 0 aliphatic heterocycles. The van der Waals surface area contributed by atoms with Gasteiger partial charge < -0.3 is 13.9 Å². The Labute approximate surface area is 108 Å². The first-order valence-electron chi connectivity index (χ1n) is 6.34. The summed E-state index contributed by atoms with van der Waals surface area (Å²) < 4.78 is 11.0. The second-order valence-corrected chi connectivity index (χ2v) is 5.16. The molecule has 4 nitrogen and oxygen atoms in total. The molecule has 1 saturated carbocycles. The van der Waals surface area contributed by atoms with Gasteiger partial charge in [-0.05, 0) is 31.0 Å². The van der Waals surface area contributed by atoms with Crippen molar-refractivity contribution in [3.05, 3.63) is 36.3 Å². The predicted molar refractivity (Wildman–Crippen MR) is 69.2 cm³/mol. The molecule has 0 amide bonds. The van der Waals surface area contributed by atoms with Crippen molar-refractivity contribution in [2.24, 2.45) is 0 Å². The molecule has 96 valence electrons. The number of carboxylic acid groups (broad SMARTS) is 1. The second-order valence-electron chi connectivity index (χ2n) is 5.16. The molecule has 3 aromatic rings. The topological polar surface area (TPSA) is 63.6 Å². The maximum absolute atomic E-state index is 11.8. The van der Waals surface area contributed by atoms with Crippen LogP contribution in [0.3, 0.4) is 0 Å². The van der Waals surface area contributed by atoms with E-state index in [1.807, 2.05) is 18.2 Å². The van der Waals surface area contributed by atoms with Crippen molar-refractivity contribution in [3.63, 3.8) is 0 Å². The van der Waals surface area contributed by atoms with Crippen LogP contribution in [0.15, 0.2) is 39.6 Å². The van der Waals surface area contributed by atoms with E-state index in [0.717, 1.165) is 28.3 Å². The highest BCUT2D eigenvalue weighted by molar-refractivity contribution is 6.03. The standard InChI is InChI=1S/C15H12O4/c16-14(17)15(4-1-5-15)12-10-3-7-18-11(10)8-9-2-6-19-13(9)12/h2-3,6-8H,1,4-5H2,(H,16,17). The van der Waals surface area contributed by atoms with Crippen LogP contribution in [0.1, 0.15) is 24.8 Å². The average molecular weight is 256 g/mol. The summed E-state index contributed by atoms with van der Waals surface area (Å²) in [6.45, 7) is 0. The molecule has 0 atom stereocenters. The lowest BCUT2D eigenvalue weighted by molar-refractivity contribution is -0.147. The monoisotopic (exact) mass is 256 g/mol. The molecule has 1 aliphatic rings. The van der Waals surface area contributed by atoms with Gasteiger partial charge in [0.15, 0.2) is 0 Å². The first-order valence-corrected chi connectivity index (χ1v) is 6.34. The van der Waals surface area contributed by atoms with Crippen molar-refractivity contribution < 1.29 is 18.7 Å². The van der Waals surface area contributed by atoms with E-state index < -0.39 is 11.4 Å². The van der Waals surface area contributed by atoms with Gasteiger partial charge in [0.1, 0.15) is 11.2 Å². The second kappa shape index (κ2) is 3.41. The Hall–Kier alpha value is -2.23. The number of hydrogen-bond acceptors (Lipinski definition) is 3. The largest absolute Gasteiger partial charge is 0.481 e. The highest BCUT2D eigenvalue weighted by Gasteiger charge is 2.48. The molecule has 1 aliphatic carbocycles. The lowest BCUT2D eigenvalue weighted by Gasteiger charge is -2.38. The SMILES string of the molecule is O=C(O)C1(c2c3ccoc3cc3ccoc23)CCC1. The predicted octanol–water partition coefficient (Wildman–Crippen LogP) is 3.69. The third-order valence-corrected chi connectivity index (χ3v) is 4.27. The Balaban J connectivity index is 2.17. The minimum atomic E-state index is -0.820.